The van der Waals surface area contributed by atoms with Gasteiger partial charge in [0.25, 0.3) is 0 Å². The average molecular weight is 683 g/mol. The van der Waals surface area contributed by atoms with Crippen LogP contribution in [0.4, 0.5) is 0 Å². The number of fused-ring (bicyclic) bond motifs is 9. The number of nitrogens with zero attached hydrogens (tertiary/aromatic N) is 4. The second-order valence-electron chi connectivity index (χ2n) is 13.6. The second-order valence-corrected chi connectivity index (χ2v) is 14.7. The summed E-state index contributed by atoms with van der Waals surface area (Å²) in [6.45, 7) is 0. The fraction of sp³-hybridized carbons (Fsp3) is 0.0426. The van der Waals surface area contributed by atoms with Crippen molar-refractivity contribution in [3.05, 3.63) is 168 Å². The Hall–Kier alpha value is -6.43. The molecule has 4 nitrogen and oxygen atoms in total. The maximum absolute atomic E-state index is 5.16. The maximum atomic E-state index is 5.16. The van der Waals surface area contributed by atoms with Gasteiger partial charge in [-0.25, -0.2) is 15.0 Å². The number of aromatic nitrogens is 4. The van der Waals surface area contributed by atoms with Crippen LogP contribution >= 0.6 is 11.3 Å². The van der Waals surface area contributed by atoms with E-state index >= 15 is 0 Å². The first-order valence-corrected chi connectivity index (χ1v) is 18.6. The predicted octanol–water partition coefficient (Wildman–Crippen LogP) is 12.3. The Morgan fingerprint density at radius 2 is 1.13 bits per heavy atom. The first-order chi connectivity index (χ1) is 25.7. The summed E-state index contributed by atoms with van der Waals surface area (Å²) in [5.74, 6) is 2.11. The van der Waals surface area contributed by atoms with Gasteiger partial charge >= 0.3 is 0 Å². The molecule has 0 spiro atoms. The number of benzene rings is 7. The molecule has 0 atom stereocenters. The number of allylic oxidation sites excluding steroid dienone is 1. The molecule has 10 aromatic rings. The first-order valence-electron chi connectivity index (χ1n) is 17.7. The molecule has 1 aliphatic rings. The molecule has 0 unspecified atom stereocenters. The molecule has 0 bridgehead atoms. The highest BCUT2D eigenvalue weighted by Gasteiger charge is 2.21. The topological polar surface area (TPSA) is 43.6 Å². The Morgan fingerprint density at radius 1 is 0.481 bits per heavy atom. The third-order valence-corrected chi connectivity index (χ3v) is 11.8. The van der Waals surface area contributed by atoms with Crippen molar-refractivity contribution in [3.63, 3.8) is 0 Å². The van der Waals surface area contributed by atoms with Gasteiger partial charge < -0.3 is 4.57 Å². The van der Waals surface area contributed by atoms with Gasteiger partial charge in [0.15, 0.2) is 17.5 Å². The third kappa shape index (κ3) is 4.63. The van der Waals surface area contributed by atoms with Gasteiger partial charge in [0, 0.05) is 42.6 Å². The van der Waals surface area contributed by atoms with Crippen molar-refractivity contribution in [2.75, 3.05) is 0 Å². The Kier molecular flexibility index (Phi) is 6.51. The number of aryl methyl sites for hydroxylation is 1. The standard InChI is InChI=1S/C47H30N4S/c1-2-11-30(12-3-1)45-48-46(50-47(49-45)34-21-25-43-40(27-34)37-16-8-9-17-42(37)52-43)31-18-22-35(23-19-31)51-41-28-33-14-5-4-13-32(33)26-39(41)38-24-20-29-10-6-7-15-36(29)44(38)51/h1-20,22-24,26-28H,21,25H2. The SMILES string of the molecule is C1=C(c2nc(-c3ccccc3)nc(-c3ccc(-n4c5cc6ccccc6cc5c5ccc6ccccc6c54)cc3)n2)CCc2sc3ccccc3c21. The van der Waals surface area contributed by atoms with Crippen LogP contribution in [0.15, 0.2) is 152 Å². The molecule has 1 aliphatic carbocycles. The van der Waals surface area contributed by atoms with Gasteiger partial charge in [-0.2, -0.15) is 0 Å². The highest BCUT2D eigenvalue weighted by molar-refractivity contribution is 7.19. The molecular formula is C47H30N4S. The van der Waals surface area contributed by atoms with Crippen LogP contribution in [0.5, 0.6) is 0 Å². The zero-order valence-corrected chi connectivity index (χ0v) is 28.9. The van der Waals surface area contributed by atoms with Crippen LogP contribution in [0.3, 0.4) is 0 Å². The van der Waals surface area contributed by atoms with Gasteiger partial charge in [-0.1, -0.05) is 109 Å². The van der Waals surface area contributed by atoms with E-state index in [1.807, 2.05) is 29.5 Å². The average Bonchev–Trinajstić information content (AvgIpc) is 3.75. The van der Waals surface area contributed by atoms with Crippen molar-refractivity contribution in [1.29, 1.82) is 0 Å². The molecule has 244 valence electrons. The van der Waals surface area contributed by atoms with Gasteiger partial charge in [-0.15, -0.1) is 11.3 Å². The molecule has 0 aliphatic heterocycles. The van der Waals surface area contributed by atoms with Crippen molar-refractivity contribution in [2.45, 2.75) is 12.8 Å². The van der Waals surface area contributed by atoms with Crippen LogP contribution in [-0.2, 0) is 6.42 Å². The van der Waals surface area contributed by atoms with Crippen LogP contribution in [0.2, 0.25) is 0 Å². The number of hydrogen-bond donors (Lipinski definition) is 0. The van der Waals surface area contributed by atoms with E-state index in [2.05, 4.69) is 144 Å². The molecule has 0 radical (unpaired) electrons. The fourth-order valence-electron chi connectivity index (χ4n) is 7.99. The zero-order valence-electron chi connectivity index (χ0n) is 28.1. The van der Waals surface area contributed by atoms with Gasteiger partial charge in [0.2, 0.25) is 0 Å². The lowest BCUT2D eigenvalue weighted by Crippen LogP contribution is -2.05. The molecular weight excluding hydrogens is 653 g/mol. The van der Waals surface area contributed by atoms with E-state index in [9.17, 15) is 0 Å². The van der Waals surface area contributed by atoms with Crippen molar-refractivity contribution in [1.82, 2.24) is 19.5 Å². The van der Waals surface area contributed by atoms with Gasteiger partial charge in [0.05, 0.1) is 11.0 Å². The third-order valence-electron chi connectivity index (χ3n) is 10.5. The summed E-state index contributed by atoms with van der Waals surface area (Å²) in [5, 5.41) is 8.74. The summed E-state index contributed by atoms with van der Waals surface area (Å²) in [4.78, 5) is 16.7. The molecule has 52 heavy (non-hydrogen) atoms. The monoisotopic (exact) mass is 682 g/mol. The van der Waals surface area contributed by atoms with Gasteiger partial charge in [0.1, 0.15) is 0 Å². The Morgan fingerprint density at radius 3 is 1.94 bits per heavy atom. The van der Waals surface area contributed by atoms with E-state index in [0.29, 0.717) is 11.6 Å². The van der Waals surface area contributed by atoms with Crippen LogP contribution in [0.25, 0.3) is 93.5 Å². The highest BCUT2D eigenvalue weighted by Crippen LogP contribution is 2.41. The van der Waals surface area contributed by atoms with Crippen LogP contribution in [0.1, 0.15) is 22.7 Å². The van der Waals surface area contributed by atoms with E-state index < -0.39 is 0 Å². The predicted molar refractivity (Wildman–Crippen MR) is 218 cm³/mol. The number of thiophene rings is 1. The minimum Gasteiger partial charge on any atom is -0.309 e. The molecule has 3 heterocycles. The maximum Gasteiger partial charge on any atom is 0.164 e. The molecule has 5 heteroatoms. The van der Waals surface area contributed by atoms with E-state index in [1.54, 1.807) is 0 Å². The summed E-state index contributed by atoms with van der Waals surface area (Å²) in [6, 6.07) is 54.2. The second kappa shape index (κ2) is 11.6. The Bertz CT molecular complexity index is 3060. The normalized spacial score (nSPS) is 13.0. The van der Waals surface area contributed by atoms with Crippen molar-refractivity contribution in [3.8, 4) is 28.5 Å². The molecule has 7 aromatic carbocycles. The molecule has 0 fully saturated rings. The van der Waals surface area contributed by atoms with Crippen molar-refractivity contribution >= 4 is 76.4 Å². The number of rotatable bonds is 4. The molecule has 0 amide bonds. The minimum atomic E-state index is 0.677. The lowest BCUT2D eigenvalue weighted by molar-refractivity contribution is 0.971. The molecule has 0 saturated carbocycles. The van der Waals surface area contributed by atoms with Crippen molar-refractivity contribution < 1.29 is 0 Å². The summed E-state index contributed by atoms with van der Waals surface area (Å²) in [7, 11) is 0. The van der Waals surface area contributed by atoms with E-state index in [-0.39, 0.29) is 0 Å². The largest absolute Gasteiger partial charge is 0.309 e. The summed E-state index contributed by atoms with van der Waals surface area (Å²) < 4.78 is 3.75. The van der Waals surface area contributed by atoms with Crippen LogP contribution in [-0.4, -0.2) is 19.5 Å². The first kappa shape index (κ1) is 29.3. The molecule has 0 N–H and O–H groups in total. The lowest BCUT2D eigenvalue weighted by atomic mass is 9.96. The minimum absolute atomic E-state index is 0.677. The van der Waals surface area contributed by atoms with Crippen LogP contribution < -0.4 is 0 Å². The summed E-state index contributed by atoms with van der Waals surface area (Å²) in [6.07, 6.45) is 4.19. The Balaban J connectivity index is 1.08. The Labute approximate surface area is 304 Å². The van der Waals surface area contributed by atoms with Gasteiger partial charge in [-0.05, 0) is 94.1 Å². The van der Waals surface area contributed by atoms with E-state index in [1.165, 1.54) is 63.9 Å². The van der Waals surface area contributed by atoms with E-state index in [4.69, 9.17) is 15.0 Å². The van der Waals surface area contributed by atoms with Gasteiger partial charge in [-0.3, -0.25) is 0 Å². The number of hydrogen-bond acceptors (Lipinski definition) is 4. The summed E-state index contributed by atoms with van der Waals surface area (Å²) in [5.41, 5.74) is 7.90. The fourth-order valence-corrected chi connectivity index (χ4v) is 9.17. The highest BCUT2D eigenvalue weighted by atomic mass is 32.1. The quantitative estimate of drug-likeness (QED) is 0.186. The lowest BCUT2D eigenvalue weighted by Gasteiger charge is -2.15. The van der Waals surface area contributed by atoms with Crippen LogP contribution in [0, 0.1) is 0 Å². The summed E-state index contributed by atoms with van der Waals surface area (Å²) >= 11 is 1.90. The smallest absolute Gasteiger partial charge is 0.164 e. The zero-order chi connectivity index (χ0) is 34.2. The molecule has 3 aromatic heterocycles. The molecule has 11 rings (SSSR count). The van der Waals surface area contributed by atoms with E-state index in [0.717, 1.165) is 41.1 Å². The van der Waals surface area contributed by atoms with Crippen molar-refractivity contribution in [2.24, 2.45) is 0 Å². The molecule has 0 saturated heterocycles.